The standard InChI is InChI=1S/C22H20N4O3S/c1-14-7-11-17(12-8-14)26-30(28,29)20-13-16(10-9-15(20)2)21(27)25-22-23-18-5-3-4-6-19(18)24-22/h3-13,26H,1-2H3,(H2,23,24,25,27). The summed E-state index contributed by atoms with van der Waals surface area (Å²) in [5.74, 6) is -0.162. The molecule has 0 aliphatic heterocycles. The van der Waals surface area contributed by atoms with Crippen molar-refractivity contribution in [1.29, 1.82) is 0 Å². The lowest BCUT2D eigenvalue weighted by molar-refractivity contribution is 0.102. The smallest absolute Gasteiger partial charge is 0.262 e. The molecule has 0 aliphatic carbocycles. The molecule has 8 heteroatoms. The van der Waals surface area contributed by atoms with Gasteiger partial charge in [0.05, 0.1) is 15.9 Å². The van der Waals surface area contributed by atoms with E-state index in [0.717, 1.165) is 16.6 Å². The second-order valence-corrected chi connectivity index (χ2v) is 8.66. The van der Waals surface area contributed by atoms with Crippen molar-refractivity contribution in [3.05, 3.63) is 83.4 Å². The van der Waals surface area contributed by atoms with Gasteiger partial charge >= 0.3 is 0 Å². The van der Waals surface area contributed by atoms with E-state index in [-0.39, 0.29) is 10.5 Å². The van der Waals surface area contributed by atoms with Crippen LogP contribution < -0.4 is 10.0 Å². The average Bonchev–Trinajstić information content (AvgIpc) is 3.12. The zero-order chi connectivity index (χ0) is 21.3. The molecule has 0 aliphatic rings. The van der Waals surface area contributed by atoms with Crippen LogP contribution in [0, 0.1) is 13.8 Å². The Bertz CT molecular complexity index is 1310. The molecule has 0 saturated heterocycles. The number of para-hydroxylation sites is 2. The highest BCUT2D eigenvalue weighted by Gasteiger charge is 2.20. The Kier molecular flexibility index (Phi) is 5.01. The van der Waals surface area contributed by atoms with E-state index in [1.165, 1.54) is 6.07 Å². The minimum absolute atomic E-state index is 0.0420. The quantitative estimate of drug-likeness (QED) is 0.449. The van der Waals surface area contributed by atoms with Crippen molar-refractivity contribution in [2.45, 2.75) is 18.7 Å². The highest BCUT2D eigenvalue weighted by atomic mass is 32.2. The first-order valence-corrected chi connectivity index (χ1v) is 10.8. The van der Waals surface area contributed by atoms with Crippen LogP contribution in [0.1, 0.15) is 21.5 Å². The van der Waals surface area contributed by atoms with Crippen LogP contribution in [0.2, 0.25) is 0 Å². The Morgan fingerprint density at radius 3 is 2.43 bits per heavy atom. The van der Waals surface area contributed by atoms with Crippen molar-refractivity contribution in [1.82, 2.24) is 9.97 Å². The van der Waals surface area contributed by atoms with E-state index in [1.54, 1.807) is 31.2 Å². The number of benzene rings is 3. The van der Waals surface area contributed by atoms with Crippen LogP contribution in [0.5, 0.6) is 0 Å². The predicted octanol–water partition coefficient (Wildman–Crippen LogP) is 4.23. The molecule has 0 saturated carbocycles. The van der Waals surface area contributed by atoms with Crippen LogP contribution in [0.4, 0.5) is 11.6 Å². The summed E-state index contributed by atoms with van der Waals surface area (Å²) in [6.45, 7) is 3.61. The van der Waals surface area contributed by atoms with Crippen LogP contribution in [0.25, 0.3) is 11.0 Å². The fourth-order valence-electron chi connectivity index (χ4n) is 3.05. The van der Waals surface area contributed by atoms with E-state index in [9.17, 15) is 13.2 Å². The molecule has 3 N–H and O–H groups in total. The number of nitrogens with one attached hydrogen (secondary N) is 3. The van der Waals surface area contributed by atoms with Crippen molar-refractivity contribution < 1.29 is 13.2 Å². The number of aromatic nitrogens is 2. The van der Waals surface area contributed by atoms with E-state index in [2.05, 4.69) is 20.0 Å². The van der Waals surface area contributed by atoms with Crippen molar-refractivity contribution >= 4 is 38.6 Å². The largest absolute Gasteiger partial charge is 0.324 e. The van der Waals surface area contributed by atoms with Gasteiger partial charge in [0, 0.05) is 11.3 Å². The number of nitrogens with zero attached hydrogens (tertiary/aromatic N) is 1. The van der Waals surface area contributed by atoms with Gasteiger partial charge in [-0.1, -0.05) is 35.9 Å². The van der Waals surface area contributed by atoms with E-state index < -0.39 is 15.9 Å². The van der Waals surface area contributed by atoms with Crippen LogP contribution in [-0.2, 0) is 10.0 Å². The molecule has 0 unspecified atom stereocenters. The van der Waals surface area contributed by atoms with Crippen molar-refractivity contribution in [2.75, 3.05) is 10.0 Å². The summed E-state index contributed by atoms with van der Waals surface area (Å²) in [6.07, 6.45) is 0. The van der Waals surface area contributed by atoms with Gasteiger partial charge in [-0.3, -0.25) is 14.8 Å². The van der Waals surface area contributed by atoms with Gasteiger partial charge in [0.25, 0.3) is 15.9 Å². The summed E-state index contributed by atoms with van der Waals surface area (Å²) in [7, 11) is -3.86. The number of hydrogen-bond acceptors (Lipinski definition) is 4. The molecule has 4 rings (SSSR count). The van der Waals surface area contributed by atoms with E-state index in [1.807, 2.05) is 43.3 Å². The van der Waals surface area contributed by atoms with E-state index in [4.69, 9.17) is 0 Å². The van der Waals surface area contributed by atoms with Crippen LogP contribution in [0.15, 0.2) is 71.6 Å². The summed E-state index contributed by atoms with van der Waals surface area (Å²) in [5.41, 5.74) is 3.75. The SMILES string of the molecule is Cc1ccc(NS(=O)(=O)c2cc(C(=O)Nc3nc4ccccc4[nH]3)ccc2C)cc1. The lowest BCUT2D eigenvalue weighted by Gasteiger charge is -2.12. The molecule has 0 spiro atoms. The fraction of sp³-hybridized carbons (Fsp3) is 0.0909. The summed E-state index contributed by atoms with van der Waals surface area (Å²) in [4.78, 5) is 20.1. The molecule has 1 heterocycles. The molecular weight excluding hydrogens is 400 g/mol. The molecule has 0 atom stereocenters. The van der Waals surface area contributed by atoms with Crippen LogP contribution >= 0.6 is 0 Å². The summed E-state index contributed by atoms with van der Waals surface area (Å²) in [6, 6.07) is 19.0. The minimum Gasteiger partial charge on any atom is -0.324 e. The molecule has 7 nitrogen and oxygen atoms in total. The van der Waals surface area contributed by atoms with E-state index >= 15 is 0 Å². The molecule has 0 fully saturated rings. The van der Waals surface area contributed by atoms with Crippen molar-refractivity contribution in [3.63, 3.8) is 0 Å². The molecule has 4 aromatic rings. The number of anilines is 2. The first-order chi connectivity index (χ1) is 14.3. The highest BCUT2D eigenvalue weighted by Crippen LogP contribution is 2.22. The number of amides is 1. The maximum absolute atomic E-state index is 12.9. The number of aromatic amines is 1. The number of carbonyl (C=O) groups excluding carboxylic acids is 1. The fourth-order valence-corrected chi connectivity index (χ4v) is 4.38. The van der Waals surface area contributed by atoms with E-state index in [0.29, 0.717) is 17.2 Å². The Morgan fingerprint density at radius 1 is 0.967 bits per heavy atom. The second kappa shape index (κ2) is 7.64. The number of rotatable bonds is 5. The Balaban J connectivity index is 1.60. The molecule has 3 aromatic carbocycles. The summed E-state index contributed by atoms with van der Waals surface area (Å²) < 4.78 is 28.4. The van der Waals surface area contributed by atoms with Gasteiger partial charge in [0.1, 0.15) is 0 Å². The Morgan fingerprint density at radius 2 is 1.70 bits per heavy atom. The topological polar surface area (TPSA) is 104 Å². The summed E-state index contributed by atoms with van der Waals surface area (Å²) in [5, 5.41) is 2.68. The van der Waals surface area contributed by atoms with Gasteiger partial charge in [0.2, 0.25) is 5.95 Å². The maximum Gasteiger partial charge on any atom is 0.262 e. The third-order valence-electron chi connectivity index (χ3n) is 4.66. The number of carbonyl (C=O) groups is 1. The molecule has 0 bridgehead atoms. The molecule has 1 aromatic heterocycles. The third-order valence-corrected chi connectivity index (χ3v) is 6.19. The molecule has 152 valence electrons. The number of sulfonamides is 1. The van der Waals surface area contributed by atoms with Gasteiger partial charge in [0.15, 0.2) is 0 Å². The highest BCUT2D eigenvalue weighted by molar-refractivity contribution is 7.92. The number of hydrogen-bond donors (Lipinski definition) is 3. The molecule has 0 radical (unpaired) electrons. The molecular formula is C22H20N4O3S. The maximum atomic E-state index is 12.9. The monoisotopic (exact) mass is 420 g/mol. The van der Waals surface area contributed by atoms with Gasteiger partial charge in [-0.05, 0) is 55.8 Å². The zero-order valence-corrected chi connectivity index (χ0v) is 17.2. The Labute approximate surface area is 174 Å². The van der Waals surface area contributed by atoms with Crippen molar-refractivity contribution in [3.8, 4) is 0 Å². The first kappa shape index (κ1) is 19.7. The number of imidazole rings is 1. The first-order valence-electron chi connectivity index (χ1n) is 9.28. The molecule has 1 amide bonds. The predicted molar refractivity (Wildman–Crippen MR) is 117 cm³/mol. The number of H-pyrrole nitrogens is 1. The second-order valence-electron chi connectivity index (χ2n) is 7.01. The number of fused-ring (bicyclic) bond motifs is 1. The van der Waals surface area contributed by atoms with Gasteiger partial charge in [-0.2, -0.15) is 0 Å². The minimum atomic E-state index is -3.86. The Hall–Kier alpha value is -3.65. The van der Waals surface area contributed by atoms with Crippen LogP contribution in [0.3, 0.4) is 0 Å². The lowest BCUT2D eigenvalue weighted by Crippen LogP contribution is -2.17. The zero-order valence-electron chi connectivity index (χ0n) is 16.4. The summed E-state index contributed by atoms with van der Waals surface area (Å²) >= 11 is 0. The third kappa shape index (κ3) is 4.04. The van der Waals surface area contributed by atoms with Gasteiger partial charge in [-0.25, -0.2) is 13.4 Å². The van der Waals surface area contributed by atoms with Gasteiger partial charge < -0.3 is 4.98 Å². The number of aryl methyl sites for hydroxylation is 2. The average molecular weight is 420 g/mol. The molecule has 30 heavy (non-hydrogen) atoms. The van der Waals surface area contributed by atoms with Gasteiger partial charge in [-0.15, -0.1) is 0 Å². The normalized spacial score (nSPS) is 11.4. The lowest BCUT2D eigenvalue weighted by atomic mass is 10.1. The van der Waals surface area contributed by atoms with Crippen molar-refractivity contribution in [2.24, 2.45) is 0 Å². The van der Waals surface area contributed by atoms with Crippen LogP contribution in [-0.4, -0.2) is 24.3 Å².